The highest BCUT2D eigenvalue weighted by Crippen LogP contribution is 2.29. The molecule has 0 aromatic carbocycles. The van der Waals surface area contributed by atoms with Crippen molar-refractivity contribution < 1.29 is 9.53 Å². The highest BCUT2D eigenvalue weighted by atomic mass is 28.1. The summed E-state index contributed by atoms with van der Waals surface area (Å²) in [6, 6.07) is 0.517. The average Bonchev–Trinajstić information content (AvgIpc) is 2.80. The Bertz CT molecular complexity index is 403. The Balaban J connectivity index is 2.36. The summed E-state index contributed by atoms with van der Waals surface area (Å²) >= 11 is 0. The number of carbonyl (C=O) groups excluding carboxylic acids is 1. The Labute approximate surface area is 165 Å². The minimum absolute atomic E-state index is 0.0475. The Morgan fingerprint density at radius 3 is 2.31 bits per heavy atom. The quantitative estimate of drug-likeness (QED) is 0.277. The molecule has 0 amide bonds. The van der Waals surface area contributed by atoms with Crippen LogP contribution in [0.2, 0.25) is 0 Å². The second kappa shape index (κ2) is 12.1. The van der Waals surface area contributed by atoms with Crippen molar-refractivity contribution in [3.63, 3.8) is 0 Å². The molecule has 26 heavy (non-hydrogen) atoms. The van der Waals surface area contributed by atoms with Gasteiger partial charge in [0.25, 0.3) is 0 Å². The lowest BCUT2D eigenvalue weighted by molar-refractivity contribution is -0.148. The van der Waals surface area contributed by atoms with Crippen molar-refractivity contribution in [2.75, 3.05) is 26.2 Å². The van der Waals surface area contributed by atoms with Gasteiger partial charge in [-0.2, -0.15) is 0 Å². The fourth-order valence-corrected chi connectivity index (χ4v) is 5.25. The van der Waals surface area contributed by atoms with Gasteiger partial charge in [-0.3, -0.25) is 14.6 Å². The van der Waals surface area contributed by atoms with Gasteiger partial charge in [-0.25, -0.2) is 0 Å². The van der Waals surface area contributed by atoms with E-state index in [1.807, 2.05) is 13.8 Å². The summed E-state index contributed by atoms with van der Waals surface area (Å²) in [5.41, 5.74) is 0. The third-order valence-electron chi connectivity index (χ3n) is 5.93. The Kier molecular flexibility index (Phi) is 11.0. The van der Waals surface area contributed by atoms with Crippen molar-refractivity contribution >= 4 is 16.2 Å². The van der Waals surface area contributed by atoms with Crippen molar-refractivity contribution in [3.8, 4) is 0 Å². The van der Waals surface area contributed by atoms with Crippen molar-refractivity contribution in [2.24, 2.45) is 5.92 Å². The first-order chi connectivity index (χ1) is 12.3. The molecule has 1 heterocycles. The first-order valence-electron chi connectivity index (χ1n) is 11.0. The predicted octanol–water partition coefficient (Wildman–Crippen LogP) is 3.37. The lowest BCUT2D eigenvalue weighted by atomic mass is 10.1. The third-order valence-corrected chi connectivity index (χ3v) is 7.14. The number of nitrogens with zero attached hydrogens (tertiary/aromatic N) is 2. The van der Waals surface area contributed by atoms with Gasteiger partial charge in [-0.15, -0.1) is 0 Å². The van der Waals surface area contributed by atoms with E-state index >= 15 is 0 Å². The van der Waals surface area contributed by atoms with Crippen LogP contribution in [0.3, 0.4) is 0 Å². The molecule has 4 nitrogen and oxygen atoms in total. The molecule has 0 N–H and O–H groups in total. The normalized spacial score (nSPS) is 25.7. The number of unbranched alkanes of at least 4 members (excludes halogenated alkanes) is 7. The minimum Gasteiger partial charge on any atom is -0.466 e. The van der Waals surface area contributed by atoms with Crippen LogP contribution in [0.15, 0.2) is 0 Å². The summed E-state index contributed by atoms with van der Waals surface area (Å²) in [6.45, 7) is 14.5. The van der Waals surface area contributed by atoms with Crippen LogP contribution in [0.5, 0.6) is 0 Å². The second-order valence-electron chi connectivity index (χ2n) is 8.57. The molecule has 3 atom stereocenters. The summed E-state index contributed by atoms with van der Waals surface area (Å²) in [4.78, 5) is 17.2. The first-order valence-corrected chi connectivity index (χ1v) is 12.0. The lowest BCUT2D eigenvalue weighted by Crippen LogP contribution is -2.54. The smallest absolute Gasteiger partial charge is 0.309 e. The van der Waals surface area contributed by atoms with E-state index in [2.05, 4.69) is 30.6 Å². The van der Waals surface area contributed by atoms with Crippen molar-refractivity contribution in [3.05, 3.63) is 0 Å². The van der Waals surface area contributed by atoms with Crippen LogP contribution < -0.4 is 0 Å². The molecule has 0 spiro atoms. The maximum atomic E-state index is 12.0. The van der Waals surface area contributed by atoms with E-state index < -0.39 is 0 Å². The molecule has 5 heteroatoms. The molecule has 0 aromatic rings. The van der Waals surface area contributed by atoms with E-state index in [1.165, 1.54) is 57.9 Å². The maximum Gasteiger partial charge on any atom is 0.309 e. The van der Waals surface area contributed by atoms with E-state index in [9.17, 15) is 4.79 Å². The van der Waals surface area contributed by atoms with Crippen LogP contribution in [0.1, 0.15) is 86.0 Å². The first kappa shape index (κ1) is 23.6. The topological polar surface area (TPSA) is 32.8 Å². The number of hydrogen-bond acceptors (Lipinski definition) is 4. The minimum atomic E-state index is -0.0568. The summed E-state index contributed by atoms with van der Waals surface area (Å²) in [5, 5.41) is 0.154. The van der Waals surface area contributed by atoms with Gasteiger partial charge in [0.05, 0.1) is 12.5 Å². The van der Waals surface area contributed by atoms with Crippen LogP contribution >= 0.6 is 0 Å². The molecule has 1 aliphatic rings. The highest BCUT2D eigenvalue weighted by Gasteiger charge is 2.43. The highest BCUT2D eigenvalue weighted by molar-refractivity contribution is 6.14. The molecule has 0 aromatic heterocycles. The van der Waals surface area contributed by atoms with Gasteiger partial charge in [-0.1, -0.05) is 58.8 Å². The largest absolute Gasteiger partial charge is 0.466 e. The summed E-state index contributed by atoms with van der Waals surface area (Å²) in [6.07, 6.45) is 11.0. The molecule has 154 valence electrons. The van der Waals surface area contributed by atoms with Gasteiger partial charge in [-0.05, 0) is 33.7 Å². The van der Waals surface area contributed by atoms with Crippen molar-refractivity contribution in [1.29, 1.82) is 0 Å². The van der Waals surface area contributed by atoms with Crippen LogP contribution in [0.4, 0.5) is 0 Å². The molecule has 0 aliphatic carbocycles. The lowest BCUT2D eigenvalue weighted by Gasteiger charge is -2.40. The number of hydrogen-bond donors (Lipinski definition) is 0. The summed E-state index contributed by atoms with van der Waals surface area (Å²) < 4.78 is 5.20. The zero-order chi connectivity index (χ0) is 19.6. The van der Waals surface area contributed by atoms with Gasteiger partial charge in [0.1, 0.15) is 0 Å². The van der Waals surface area contributed by atoms with Crippen LogP contribution in [-0.2, 0) is 9.53 Å². The Hall–Kier alpha value is -0.393. The molecular weight excluding hydrogens is 340 g/mol. The Morgan fingerprint density at radius 2 is 1.73 bits per heavy atom. The van der Waals surface area contributed by atoms with Gasteiger partial charge in [0.15, 0.2) is 0 Å². The van der Waals surface area contributed by atoms with Crippen molar-refractivity contribution in [2.45, 2.75) is 97.3 Å². The van der Waals surface area contributed by atoms with E-state index in [4.69, 9.17) is 4.74 Å². The SMILES string of the molecule is CCCCCCCCCCN1CC(C)N(CC(C)C(=O)OCC)C1(C)[SiH3]. The molecular formula is C21H44N2O2Si. The number of ether oxygens (including phenoxy) is 1. The zero-order valence-electron chi connectivity index (χ0n) is 18.4. The third kappa shape index (κ3) is 7.32. The average molecular weight is 385 g/mol. The van der Waals surface area contributed by atoms with E-state index in [0.29, 0.717) is 12.6 Å². The summed E-state index contributed by atoms with van der Waals surface area (Å²) in [7, 11) is 1.09. The number of carbonyl (C=O) groups is 1. The number of esters is 1. The predicted molar refractivity (Wildman–Crippen MR) is 114 cm³/mol. The van der Waals surface area contributed by atoms with Crippen LogP contribution in [0, 0.1) is 5.92 Å². The molecule has 1 saturated heterocycles. The molecule has 3 unspecified atom stereocenters. The van der Waals surface area contributed by atoms with Crippen molar-refractivity contribution in [1.82, 2.24) is 9.80 Å². The molecule has 1 rings (SSSR count). The molecule has 0 saturated carbocycles. The maximum absolute atomic E-state index is 12.0. The van der Waals surface area contributed by atoms with Crippen LogP contribution in [-0.4, -0.2) is 63.6 Å². The van der Waals surface area contributed by atoms with E-state index in [1.54, 1.807) is 0 Å². The number of rotatable bonds is 13. The van der Waals surface area contributed by atoms with Crippen LogP contribution in [0.25, 0.3) is 0 Å². The van der Waals surface area contributed by atoms with Gasteiger partial charge >= 0.3 is 5.97 Å². The standard InChI is InChI=1S/C21H44N2O2Si/c1-6-8-9-10-11-12-13-14-15-22-17-19(4)23(21(22,5)26)16-18(3)20(24)25-7-2/h18-19H,6-17H2,1-5,26H3. The van der Waals surface area contributed by atoms with Gasteiger partial charge in [0, 0.05) is 34.7 Å². The molecule has 1 aliphatic heterocycles. The van der Waals surface area contributed by atoms with E-state index in [-0.39, 0.29) is 17.2 Å². The molecule has 1 fully saturated rings. The van der Waals surface area contributed by atoms with Gasteiger partial charge < -0.3 is 4.74 Å². The monoisotopic (exact) mass is 384 g/mol. The van der Waals surface area contributed by atoms with Gasteiger partial charge in [0.2, 0.25) is 0 Å². The fraction of sp³-hybridized carbons (Fsp3) is 0.952. The molecule has 0 radical (unpaired) electrons. The molecule has 0 bridgehead atoms. The fourth-order valence-electron chi connectivity index (χ4n) is 4.22. The van der Waals surface area contributed by atoms with E-state index in [0.717, 1.165) is 23.3 Å². The second-order valence-corrected chi connectivity index (χ2v) is 10.5. The summed E-state index contributed by atoms with van der Waals surface area (Å²) in [5.74, 6) is -0.104. The Morgan fingerprint density at radius 1 is 1.15 bits per heavy atom. The zero-order valence-corrected chi connectivity index (χ0v) is 20.4.